The molecule has 2 rings (SSSR count). The van der Waals surface area contributed by atoms with Crippen molar-refractivity contribution in [2.24, 2.45) is 0 Å². The van der Waals surface area contributed by atoms with Crippen molar-refractivity contribution < 1.29 is 14.3 Å². The molecule has 0 spiro atoms. The molecule has 0 radical (unpaired) electrons. The van der Waals surface area contributed by atoms with Gasteiger partial charge in [-0.1, -0.05) is 6.07 Å². The molecule has 23 heavy (non-hydrogen) atoms. The lowest BCUT2D eigenvalue weighted by atomic mass is 10.2. The maximum absolute atomic E-state index is 12.3. The molecule has 0 saturated carbocycles. The van der Waals surface area contributed by atoms with Crippen LogP contribution in [0.1, 0.15) is 18.1 Å². The van der Waals surface area contributed by atoms with E-state index in [2.05, 4.69) is 5.32 Å². The maximum Gasteiger partial charge on any atom is 0.265 e. The molecule has 2 aromatic carbocycles. The molecule has 0 saturated heterocycles. The molecule has 0 aliphatic rings. The Bertz CT molecular complexity index is 733. The number of carbonyl (C=O) groups excluding carboxylic acids is 1. The zero-order chi connectivity index (χ0) is 16.8. The van der Waals surface area contributed by atoms with Gasteiger partial charge < -0.3 is 14.8 Å². The Morgan fingerprint density at radius 1 is 1.22 bits per heavy atom. The van der Waals surface area contributed by atoms with E-state index in [9.17, 15) is 4.79 Å². The minimum atomic E-state index is -0.687. The summed E-state index contributed by atoms with van der Waals surface area (Å²) in [4.78, 5) is 12.3. The number of carbonyl (C=O) groups is 1. The van der Waals surface area contributed by atoms with Gasteiger partial charge in [0.1, 0.15) is 11.5 Å². The molecule has 5 heteroatoms. The van der Waals surface area contributed by atoms with Crippen LogP contribution in [0, 0.1) is 18.3 Å². The number of rotatable bonds is 5. The Hall–Kier alpha value is -3.00. The average Bonchev–Trinajstić information content (AvgIpc) is 2.55. The highest BCUT2D eigenvalue weighted by Gasteiger charge is 2.16. The van der Waals surface area contributed by atoms with Crippen LogP contribution in [0.5, 0.6) is 11.5 Å². The highest BCUT2D eigenvalue weighted by molar-refractivity contribution is 5.95. The van der Waals surface area contributed by atoms with E-state index in [0.29, 0.717) is 22.7 Å². The summed E-state index contributed by atoms with van der Waals surface area (Å²) >= 11 is 0. The summed E-state index contributed by atoms with van der Waals surface area (Å²) in [7, 11) is 1.55. The molecule has 0 fully saturated rings. The second kappa shape index (κ2) is 7.32. The van der Waals surface area contributed by atoms with Crippen molar-refractivity contribution in [2.45, 2.75) is 20.0 Å². The lowest BCUT2D eigenvalue weighted by molar-refractivity contribution is -0.122. The van der Waals surface area contributed by atoms with Gasteiger partial charge in [-0.05, 0) is 55.8 Å². The van der Waals surface area contributed by atoms with Crippen LogP contribution in [0.4, 0.5) is 5.69 Å². The van der Waals surface area contributed by atoms with E-state index in [4.69, 9.17) is 14.7 Å². The van der Waals surface area contributed by atoms with Crippen LogP contribution in [-0.4, -0.2) is 19.1 Å². The van der Waals surface area contributed by atoms with Crippen molar-refractivity contribution in [1.82, 2.24) is 0 Å². The number of anilines is 1. The minimum Gasteiger partial charge on any atom is -0.495 e. The average molecular weight is 310 g/mol. The Labute approximate surface area is 135 Å². The van der Waals surface area contributed by atoms with Gasteiger partial charge in [0.2, 0.25) is 0 Å². The zero-order valence-corrected chi connectivity index (χ0v) is 13.3. The van der Waals surface area contributed by atoms with Crippen LogP contribution in [0.2, 0.25) is 0 Å². The third kappa shape index (κ3) is 4.24. The van der Waals surface area contributed by atoms with E-state index in [1.165, 1.54) is 0 Å². The van der Waals surface area contributed by atoms with E-state index in [-0.39, 0.29) is 5.91 Å². The summed E-state index contributed by atoms with van der Waals surface area (Å²) < 4.78 is 10.8. The summed E-state index contributed by atoms with van der Waals surface area (Å²) in [5, 5.41) is 11.6. The maximum atomic E-state index is 12.3. The first kappa shape index (κ1) is 16.4. The van der Waals surface area contributed by atoms with Crippen molar-refractivity contribution >= 4 is 11.6 Å². The van der Waals surface area contributed by atoms with Crippen molar-refractivity contribution in [3.8, 4) is 17.6 Å². The number of methoxy groups -OCH3 is 1. The van der Waals surface area contributed by atoms with Gasteiger partial charge in [0, 0.05) is 0 Å². The van der Waals surface area contributed by atoms with E-state index in [1.54, 1.807) is 44.4 Å². The molecule has 0 heterocycles. The van der Waals surface area contributed by atoms with E-state index in [0.717, 1.165) is 5.56 Å². The lowest BCUT2D eigenvalue weighted by Gasteiger charge is -2.16. The number of ether oxygens (including phenoxy) is 2. The molecular weight excluding hydrogens is 292 g/mol. The van der Waals surface area contributed by atoms with Crippen LogP contribution < -0.4 is 14.8 Å². The van der Waals surface area contributed by atoms with Crippen LogP contribution in [0.3, 0.4) is 0 Å². The number of nitrogens with zero attached hydrogens (tertiary/aromatic N) is 1. The highest BCUT2D eigenvalue weighted by Crippen LogP contribution is 2.25. The summed E-state index contributed by atoms with van der Waals surface area (Å²) in [6.45, 7) is 3.60. The van der Waals surface area contributed by atoms with Crippen molar-refractivity contribution in [2.75, 3.05) is 12.4 Å². The second-order valence-electron chi connectivity index (χ2n) is 5.09. The van der Waals surface area contributed by atoms with Gasteiger partial charge in [-0.2, -0.15) is 5.26 Å². The normalized spacial score (nSPS) is 11.2. The van der Waals surface area contributed by atoms with Gasteiger partial charge in [0.05, 0.1) is 24.4 Å². The first-order valence-corrected chi connectivity index (χ1v) is 7.16. The number of aryl methyl sites for hydroxylation is 1. The van der Waals surface area contributed by atoms with E-state index < -0.39 is 6.10 Å². The fraction of sp³-hybridized carbons (Fsp3) is 0.222. The zero-order valence-electron chi connectivity index (χ0n) is 13.3. The predicted octanol–water partition coefficient (Wildman–Crippen LogP) is 3.28. The number of benzene rings is 2. The van der Waals surface area contributed by atoms with Gasteiger partial charge in [-0.25, -0.2) is 0 Å². The summed E-state index contributed by atoms with van der Waals surface area (Å²) in [6, 6.07) is 14.2. The summed E-state index contributed by atoms with van der Waals surface area (Å²) in [5.74, 6) is 0.843. The van der Waals surface area contributed by atoms with Crippen LogP contribution in [0.25, 0.3) is 0 Å². The third-order valence-corrected chi connectivity index (χ3v) is 3.28. The van der Waals surface area contributed by atoms with Crippen molar-refractivity contribution in [3.63, 3.8) is 0 Å². The van der Waals surface area contributed by atoms with E-state index >= 15 is 0 Å². The molecule has 1 amide bonds. The molecule has 2 aromatic rings. The molecule has 1 N–H and O–H groups in total. The topological polar surface area (TPSA) is 71.3 Å². The molecule has 0 aliphatic carbocycles. The Morgan fingerprint density at radius 2 is 1.91 bits per heavy atom. The molecule has 0 bridgehead atoms. The largest absolute Gasteiger partial charge is 0.495 e. The molecule has 5 nitrogen and oxygen atoms in total. The molecule has 0 aliphatic heterocycles. The molecule has 0 aromatic heterocycles. The fourth-order valence-corrected chi connectivity index (χ4v) is 2.02. The van der Waals surface area contributed by atoms with Crippen LogP contribution in [-0.2, 0) is 4.79 Å². The SMILES string of the molecule is COc1ccc(C)cc1NC(=O)C(C)Oc1ccc(C#N)cc1. The first-order valence-electron chi connectivity index (χ1n) is 7.16. The summed E-state index contributed by atoms with van der Waals surface area (Å²) in [6.07, 6.45) is -0.687. The highest BCUT2D eigenvalue weighted by atomic mass is 16.5. The first-order chi connectivity index (χ1) is 11.0. The Morgan fingerprint density at radius 3 is 2.52 bits per heavy atom. The van der Waals surface area contributed by atoms with Gasteiger partial charge in [0.15, 0.2) is 6.10 Å². The number of nitrogens with one attached hydrogen (secondary N) is 1. The van der Waals surface area contributed by atoms with Crippen LogP contribution in [0.15, 0.2) is 42.5 Å². The molecular formula is C18H18N2O3. The minimum absolute atomic E-state index is 0.279. The lowest BCUT2D eigenvalue weighted by Crippen LogP contribution is -2.30. The molecule has 1 atom stereocenters. The number of nitriles is 1. The monoisotopic (exact) mass is 310 g/mol. The van der Waals surface area contributed by atoms with Crippen molar-refractivity contribution in [3.05, 3.63) is 53.6 Å². The number of hydrogen-bond acceptors (Lipinski definition) is 4. The van der Waals surface area contributed by atoms with Gasteiger partial charge in [-0.3, -0.25) is 4.79 Å². The second-order valence-corrected chi connectivity index (χ2v) is 5.09. The fourth-order valence-electron chi connectivity index (χ4n) is 2.02. The standard InChI is InChI=1S/C18H18N2O3/c1-12-4-9-17(22-3)16(10-12)20-18(21)13(2)23-15-7-5-14(11-19)6-8-15/h4-10,13H,1-3H3,(H,20,21). The quantitative estimate of drug-likeness (QED) is 0.920. The van der Waals surface area contributed by atoms with Gasteiger partial charge in [0.25, 0.3) is 5.91 Å². The number of amides is 1. The molecule has 118 valence electrons. The van der Waals surface area contributed by atoms with Crippen molar-refractivity contribution in [1.29, 1.82) is 5.26 Å². The smallest absolute Gasteiger partial charge is 0.265 e. The van der Waals surface area contributed by atoms with Gasteiger partial charge in [-0.15, -0.1) is 0 Å². The van der Waals surface area contributed by atoms with Gasteiger partial charge >= 0.3 is 0 Å². The Kier molecular flexibility index (Phi) is 5.21. The molecule has 1 unspecified atom stereocenters. The van der Waals surface area contributed by atoms with Crippen LogP contribution >= 0.6 is 0 Å². The Balaban J connectivity index is 2.05. The number of hydrogen-bond donors (Lipinski definition) is 1. The predicted molar refractivity (Wildman–Crippen MR) is 87.6 cm³/mol. The van der Waals surface area contributed by atoms with E-state index in [1.807, 2.05) is 25.1 Å². The third-order valence-electron chi connectivity index (χ3n) is 3.28. The summed E-state index contributed by atoms with van der Waals surface area (Å²) in [5.41, 5.74) is 2.16.